The molecule has 6 heteroatoms. The third-order valence-electron chi connectivity index (χ3n) is 5.85. The summed E-state index contributed by atoms with van der Waals surface area (Å²) in [4.78, 5) is 29.5. The van der Waals surface area contributed by atoms with Crippen molar-refractivity contribution in [1.82, 2.24) is 10.2 Å². The van der Waals surface area contributed by atoms with E-state index in [0.29, 0.717) is 29.8 Å². The van der Waals surface area contributed by atoms with Gasteiger partial charge in [-0.3, -0.25) is 9.59 Å². The first-order valence-electron chi connectivity index (χ1n) is 11.0. The zero-order chi connectivity index (χ0) is 23.2. The summed E-state index contributed by atoms with van der Waals surface area (Å²) in [5.74, 6) is -0.0769. The summed E-state index contributed by atoms with van der Waals surface area (Å²) in [6.07, 6.45) is 1.44. The molecular weight excluding hydrogens is 430 g/mol. The van der Waals surface area contributed by atoms with Crippen molar-refractivity contribution in [3.8, 4) is 6.07 Å². The number of hydrogen-bond acceptors (Lipinski definition) is 4. The maximum atomic E-state index is 13.3. The van der Waals surface area contributed by atoms with Gasteiger partial charge in [0.05, 0.1) is 11.1 Å². The molecule has 0 radical (unpaired) electrons. The molecule has 0 saturated carbocycles. The summed E-state index contributed by atoms with van der Waals surface area (Å²) in [5, 5.41) is 12.5. The van der Waals surface area contributed by atoms with Crippen LogP contribution in [0, 0.1) is 18.3 Å². The van der Waals surface area contributed by atoms with Crippen LogP contribution in [-0.2, 0) is 0 Å². The number of piperidine rings is 1. The van der Waals surface area contributed by atoms with Gasteiger partial charge in [0.15, 0.2) is 0 Å². The molecule has 2 amide bonds. The van der Waals surface area contributed by atoms with E-state index in [2.05, 4.69) is 11.4 Å². The first-order valence-corrected chi connectivity index (χ1v) is 11.8. The lowest BCUT2D eigenvalue weighted by molar-refractivity contribution is 0.0694. The van der Waals surface area contributed by atoms with Crippen molar-refractivity contribution < 1.29 is 9.59 Å². The van der Waals surface area contributed by atoms with Gasteiger partial charge >= 0.3 is 0 Å². The summed E-state index contributed by atoms with van der Waals surface area (Å²) in [5.41, 5.74) is 2.88. The van der Waals surface area contributed by atoms with E-state index < -0.39 is 0 Å². The lowest BCUT2D eigenvalue weighted by Crippen LogP contribution is -2.46. The number of nitrogens with zero attached hydrogens (tertiary/aromatic N) is 2. The highest BCUT2D eigenvalue weighted by molar-refractivity contribution is 7.99. The van der Waals surface area contributed by atoms with Crippen LogP contribution in [0.1, 0.15) is 44.7 Å². The van der Waals surface area contributed by atoms with Gasteiger partial charge in [-0.05, 0) is 55.7 Å². The third-order valence-corrected chi connectivity index (χ3v) is 7.00. The molecule has 3 aromatic rings. The van der Waals surface area contributed by atoms with E-state index in [0.717, 1.165) is 28.2 Å². The lowest BCUT2D eigenvalue weighted by Gasteiger charge is -2.33. The van der Waals surface area contributed by atoms with E-state index in [1.165, 1.54) is 11.8 Å². The van der Waals surface area contributed by atoms with E-state index in [4.69, 9.17) is 0 Å². The summed E-state index contributed by atoms with van der Waals surface area (Å²) < 4.78 is 0. The number of carbonyl (C=O) groups is 2. The second kappa shape index (κ2) is 10.4. The molecule has 1 heterocycles. The Labute approximate surface area is 198 Å². The van der Waals surface area contributed by atoms with Crippen LogP contribution < -0.4 is 5.32 Å². The zero-order valence-electron chi connectivity index (χ0n) is 18.5. The first-order chi connectivity index (χ1) is 16.1. The summed E-state index contributed by atoms with van der Waals surface area (Å²) in [6, 6.07) is 24.7. The van der Waals surface area contributed by atoms with Gasteiger partial charge in [-0.15, -0.1) is 0 Å². The molecule has 0 aliphatic carbocycles. The largest absolute Gasteiger partial charge is 0.349 e. The van der Waals surface area contributed by atoms with Crippen molar-refractivity contribution in [2.75, 3.05) is 13.1 Å². The van der Waals surface area contributed by atoms with Gasteiger partial charge in [0.1, 0.15) is 6.07 Å². The molecule has 0 spiro atoms. The Morgan fingerprint density at radius 1 is 0.909 bits per heavy atom. The third kappa shape index (κ3) is 5.27. The van der Waals surface area contributed by atoms with Crippen molar-refractivity contribution in [2.45, 2.75) is 35.6 Å². The SMILES string of the molecule is Cc1ccccc1C(=O)NC1CCN(C(=O)c2ccccc2Sc2ccccc2C#N)CC1. The van der Waals surface area contributed by atoms with E-state index >= 15 is 0 Å². The molecule has 0 atom stereocenters. The number of benzene rings is 3. The molecule has 1 saturated heterocycles. The van der Waals surface area contributed by atoms with Crippen LogP contribution >= 0.6 is 11.8 Å². The molecule has 5 nitrogen and oxygen atoms in total. The minimum absolute atomic E-state index is 0.0174. The van der Waals surface area contributed by atoms with Gasteiger partial charge in [0, 0.05) is 34.5 Å². The van der Waals surface area contributed by atoms with Crippen molar-refractivity contribution in [2.24, 2.45) is 0 Å². The van der Waals surface area contributed by atoms with E-state index in [1.54, 1.807) is 6.07 Å². The average molecular weight is 456 g/mol. The fourth-order valence-corrected chi connectivity index (χ4v) is 5.01. The number of aryl methyl sites for hydroxylation is 1. The number of nitriles is 1. The zero-order valence-corrected chi connectivity index (χ0v) is 19.3. The monoisotopic (exact) mass is 455 g/mol. The quantitative estimate of drug-likeness (QED) is 0.584. The maximum Gasteiger partial charge on any atom is 0.255 e. The molecule has 33 heavy (non-hydrogen) atoms. The topological polar surface area (TPSA) is 73.2 Å². The van der Waals surface area contributed by atoms with Gasteiger partial charge in [0.2, 0.25) is 0 Å². The predicted octanol–water partition coefficient (Wildman–Crippen LogP) is 5.05. The molecule has 4 rings (SSSR count). The Morgan fingerprint density at radius 3 is 2.21 bits per heavy atom. The summed E-state index contributed by atoms with van der Waals surface area (Å²) in [6.45, 7) is 3.11. The molecule has 166 valence electrons. The fraction of sp³-hybridized carbons (Fsp3) is 0.222. The van der Waals surface area contributed by atoms with Crippen LogP contribution in [-0.4, -0.2) is 35.8 Å². The summed E-state index contributed by atoms with van der Waals surface area (Å²) >= 11 is 1.44. The van der Waals surface area contributed by atoms with Crippen LogP contribution in [0.3, 0.4) is 0 Å². The number of nitrogens with one attached hydrogen (secondary N) is 1. The van der Waals surface area contributed by atoms with Gasteiger partial charge in [-0.25, -0.2) is 0 Å². The number of hydrogen-bond donors (Lipinski definition) is 1. The molecule has 1 aliphatic heterocycles. The predicted molar refractivity (Wildman–Crippen MR) is 129 cm³/mol. The van der Waals surface area contributed by atoms with Crippen molar-refractivity contribution >= 4 is 23.6 Å². The highest BCUT2D eigenvalue weighted by Crippen LogP contribution is 2.33. The molecule has 1 fully saturated rings. The highest BCUT2D eigenvalue weighted by atomic mass is 32.2. The Kier molecular flexibility index (Phi) is 7.11. The average Bonchev–Trinajstić information content (AvgIpc) is 2.85. The van der Waals surface area contributed by atoms with Crippen LogP contribution in [0.4, 0.5) is 0 Å². The van der Waals surface area contributed by atoms with Gasteiger partial charge in [0.25, 0.3) is 11.8 Å². The van der Waals surface area contributed by atoms with Gasteiger partial charge < -0.3 is 10.2 Å². The Bertz CT molecular complexity index is 1210. The Hall–Kier alpha value is -3.56. The van der Waals surface area contributed by atoms with Crippen molar-refractivity contribution in [1.29, 1.82) is 5.26 Å². The number of amides is 2. The van der Waals surface area contributed by atoms with E-state index in [9.17, 15) is 14.9 Å². The fourth-order valence-electron chi connectivity index (χ4n) is 3.99. The number of rotatable bonds is 5. The number of carbonyl (C=O) groups excluding carboxylic acids is 2. The second-order valence-electron chi connectivity index (χ2n) is 8.06. The van der Waals surface area contributed by atoms with Crippen molar-refractivity contribution in [3.63, 3.8) is 0 Å². The molecule has 1 N–H and O–H groups in total. The molecule has 0 aromatic heterocycles. The molecular formula is C27H25N3O2S. The van der Waals surface area contributed by atoms with E-state index in [1.807, 2.05) is 78.6 Å². The normalized spacial score (nSPS) is 13.9. The summed E-state index contributed by atoms with van der Waals surface area (Å²) in [7, 11) is 0. The number of likely N-dealkylation sites (tertiary alicyclic amines) is 1. The minimum atomic E-state index is -0.0595. The minimum Gasteiger partial charge on any atom is -0.349 e. The first kappa shape index (κ1) is 22.6. The van der Waals surface area contributed by atoms with Gasteiger partial charge in [-0.2, -0.15) is 5.26 Å². The smallest absolute Gasteiger partial charge is 0.255 e. The van der Waals surface area contributed by atoms with E-state index in [-0.39, 0.29) is 17.9 Å². The molecule has 0 unspecified atom stereocenters. The van der Waals surface area contributed by atoms with Gasteiger partial charge in [-0.1, -0.05) is 54.2 Å². The van der Waals surface area contributed by atoms with Crippen LogP contribution in [0.25, 0.3) is 0 Å². The maximum absolute atomic E-state index is 13.3. The van der Waals surface area contributed by atoms with Crippen LogP contribution in [0.5, 0.6) is 0 Å². The van der Waals surface area contributed by atoms with Crippen LogP contribution in [0.2, 0.25) is 0 Å². The second-order valence-corrected chi connectivity index (χ2v) is 9.14. The Balaban J connectivity index is 1.41. The Morgan fingerprint density at radius 2 is 1.52 bits per heavy atom. The van der Waals surface area contributed by atoms with Crippen LogP contribution in [0.15, 0.2) is 82.6 Å². The molecule has 3 aromatic carbocycles. The molecule has 1 aliphatic rings. The standard InChI is InChI=1S/C27H25N3O2S/c1-19-8-2-4-10-22(19)26(31)29-21-14-16-30(17-15-21)27(32)23-11-5-7-13-25(23)33-24-12-6-3-9-20(24)18-28/h2-13,21H,14-17H2,1H3,(H,29,31). The lowest BCUT2D eigenvalue weighted by atomic mass is 10.0. The van der Waals surface area contributed by atoms with Crippen molar-refractivity contribution in [3.05, 3.63) is 95.1 Å². The molecule has 0 bridgehead atoms. The highest BCUT2D eigenvalue weighted by Gasteiger charge is 2.26.